The van der Waals surface area contributed by atoms with Crippen molar-refractivity contribution >= 4 is 21.7 Å². The summed E-state index contributed by atoms with van der Waals surface area (Å²) in [5.41, 5.74) is 0.384. The van der Waals surface area contributed by atoms with E-state index in [4.69, 9.17) is 4.74 Å². The predicted molar refractivity (Wildman–Crippen MR) is 76.5 cm³/mol. The van der Waals surface area contributed by atoms with Gasteiger partial charge in [-0.25, -0.2) is 9.18 Å². The highest BCUT2D eigenvalue weighted by Crippen LogP contribution is 2.21. The Labute approximate surface area is 126 Å². The first-order valence-corrected chi connectivity index (χ1v) is 7.83. The molecule has 0 saturated heterocycles. The summed E-state index contributed by atoms with van der Waals surface area (Å²) in [5.74, 6) is -1.40. The Morgan fingerprint density at radius 1 is 1.45 bits per heavy atom. The number of carbonyl (C=O) groups is 1. The topological polar surface area (TPSA) is 101 Å². The molecule has 0 aliphatic carbocycles. The summed E-state index contributed by atoms with van der Waals surface area (Å²) in [5, 5.41) is 5.36. The number of halogens is 1. The van der Waals surface area contributed by atoms with Gasteiger partial charge in [0.05, 0.1) is 18.5 Å². The van der Waals surface area contributed by atoms with Gasteiger partial charge in [-0.1, -0.05) is 6.07 Å². The first-order chi connectivity index (χ1) is 10.3. The summed E-state index contributed by atoms with van der Waals surface area (Å²) < 4.78 is 44.9. The lowest BCUT2D eigenvalue weighted by Gasteiger charge is -2.10. The number of aromatic nitrogens is 2. The summed E-state index contributed by atoms with van der Waals surface area (Å²) in [6.45, 7) is 3.32. The van der Waals surface area contributed by atoms with Gasteiger partial charge >= 0.3 is 5.97 Å². The standard InChI is InChI=1S/C13H14FN3O4S/c1-3-21-13(18)10-7-15-16-12(10)22(19,20)17-11-6-9(14)5-4-8(11)2/h4-7,17H,3H2,1-2H3,(H,15,16). The fourth-order valence-electron chi connectivity index (χ4n) is 1.73. The first kappa shape index (κ1) is 16.0. The van der Waals surface area contributed by atoms with E-state index in [0.29, 0.717) is 5.56 Å². The van der Waals surface area contributed by atoms with Crippen LogP contribution in [0.4, 0.5) is 10.1 Å². The Bertz CT molecular complexity index is 801. The molecule has 0 amide bonds. The highest BCUT2D eigenvalue weighted by Gasteiger charge is 2.26. The van der Waals surface area contributed by atoms with Crippen LogP contribution in [-0.4, -0.2) is 31.2 Å². The van der Waals surface area contributed by atoms with E-state index < -0.39 is 26.8 Å². The minimum absolute atomic E-state index is 0.0735. The minimum atomic E-state index is -4.14. The number of aromatic amines is 1. The monoisotopic (exact) mass is 327 g/mol. The van der Waals surface area contributed by atoms with Crippen molar-refractivity contribution in [1.29, 1.82) is 0 Å². The number of carbonyl (C=O) groups excluding carboxylic acids is 1. The van der Waals surface area contributed by atoms with Crippen LogP contribution in [-0.2, 0) is 14.8 Å². The Hall–Kier alpha value is -2.42. The van der Waals surface area contributed by atoms with Crippen molar-refractivity contribution in [2.24, 2.45) is 0 Å². The molecule has 0 unspecified atom stereocenters. The quantitative estimate of drug-likeness (QED) is 0.816. The van der Waals surface area contributed by atoms with Crippen molar-refractivity contribution in [1.82, 2.24) is 10.2 Å². The van der Waals surface area contributed by atoms with Crippen molar-refractivity contribution < 1.29 is 22.3 Å². The maximum Gasteiger partial charge on any atom is 0.342 e. The summed E-state index contributed by atoms with van der Waals surface area (Å²) >= 11 is 0. The number of rotatable bonds is 5. The summed E-state index contributed by atoms with van der Waals surface area (Å²) in [6.07, 6.45) is 1.06. The lowest BCUT2D eigenvalue weighted by Crippen LogP contribution is -2.18. The van der Waals surface area contributed by atoms with E-state index in [9.17, 15) is 17.6 Å². The van der Waals surface area contributed by atoms with Gasteiger partial charge in [0.2, 0.25) is 0 Å². The fourth-order valence-corrected chi connectivity index (χ4v) is 2.94. The Morgan fingerprint density at radius 2 is 2.18 bits per heavy atom. The molecular weight excluding hydrogens is 313 g/mol. The van der Waals surface area contributed by atoms with Crippen LogP contribution in [0.15, 0.2) is 29.4 Å². The number of hydrogen-bond donors (Lipinski definition) is 2. The van der Waals surface area contributed by atoms with Crippen molar-refractivity contribution in [3.05, 3.63) is 41.3 Å². The van der Waals surface area contributed by atoms with Crippen LogP contribution >= 0.6 is 0 Å². The SMILES string of the molecule is CCOC(=O)c1cn[nH]c1S(=O)(=O)Nc1cc(F)ccc1C. The molecule has 0 radical (unpaired) electrons. The van der Waals surface area contributed by atoms with Crippen LogP contribution in [0.25, 0.3) is 0 Å². The molecule has 0 aliphatic heterocycles. The van der Waals surface area contributed by atoms with Gasteiger partial charge in [-0.3, -0.25) is 9.82 Å². The number of anilines is 1. The molecule has 1 aromatic carbocycles. The molecule has 0 saturated carbocycles. The number of aryl methyl sites for hydroxylation is 1. The summed E-state index contributed by atoms with van der Waals surface area (Å²) in [7, 11) is -4.14. The lowest BCUT2D eigenvalue weighted by molar-refractivity contribution is 0.0522. The van der Waals surface area contributed by atoms with Crippen molar-refractivity contribution in [3.8, 4) is 0 Å². The molecule has 0 bridgehead atoms. The second kappa shape index (κ2) is 6.14. The number of ether oxygens (including phenoxy) is 1. The zero-order valence-corrected chi connectivity index (χ0v) is 12.7. The van der Waals surface area contributed by atoms with Crippen molar-refractivity contribution in [2.45, 2.75) is 18.9 Å². The number of nitrogens with zero attached hydrogens (tertiary/aromatic N) is 1. The summed E-state index contributed by atoms with van der Waals surface area (Å²) in [6, 6.07) is 3.70. The highest BCUT2D eigenvalue weighted by atomic mass is 32.2. The van der Waals surface area contributed by atoms with E-state index in [1.165, 1.54) is 12.1 Å². The Balaban J connectivity index is 2.38. The van der Waals surface area contributed by atoms with Crippen molar-refractivity contribution in [2.75, 3.05) is 11.3 Å². The molecule has 0 aliphatic rings. The zero-order valence-electron chi connectivity index (χ0n) is 11.9. The van der Waals surface area contributed by atoms with Crippen LogP contribution in [0.5, 0.6) is 0 Å². The third-order valence-electron chi connectivity index (χ3n) is 2.81. The van der Waals surface area contributed by atoms with E-state index in [1.807, 2.05) is 0 Å². The number of nitrogens with one attached hydrogen (secondary N) is 2. The van der Waals surface area contributed by atoms with Gasteiger partial charge in [0, 0.05) is 0 Å². The molecule has 118 valence electrons. The third kappa shape index (κ3) is 3.25. The van der Waals surface area contributed by atoms with Gasteiger partial charge in [0.1, 0.15) is 11.4 Å². The second-order valence-corrected chi connectivity index (χ2v) is 6.02. The molecule has 9 heteroatoms. The van der Waals surface area contributed by atoms with Gasteiger partial charge in [-0.05, 0) is 31.5 Å². The van der Waals surface area contributed by atoms with E-state index in [0.717, 1.165) is 12.3 Å². The number of benzene rings is 1. The molecule has 2 rings (SSSR count). The zero-order chi connectivity index (χ0) is 16.3. The Morgan fingerprint density at radius 3 is 2.86 bits per heavy atom. The van der Waals surface area contributed by atoms with Crippen LogP contribution in [0, 0.1) is 12.7 Å². The van der Waals surface area contributed by atoms with Gasteiger partial charge in [0.15, 0.2) is 5.03 Å². The van der Waals surface area contributed by atoms with Gasteiger partial charge < -0.3 is 4.74 Å². The largest absolute Gasteiger partial charge is 0.462 e. The van der Waals surface area contributed by atoms with Crippen molar-refractivity contribution in [3.63, 3.8) is 0 Å². The third-order valence-corrected chi connectivity index (χ3v) is 4.15. The van der Waals surface area contributed by atoms with Gasteiger partial charge in [-0.15, -0.1) is 0 Å². The van der Waals surface area contributed by atoms with E-state index in [2.05, 4.69) is 14.9 Å². The second-order valence-electron chi connectivity index (χ2n) is 4.40. The smallest absolute Gasteiger partial charge is 0.342 e. The molecule has 7 nitrogen and oxygen atoms in total. The maximum atomic E-state index is 13.2. The maximum absolute atomic E-state index is 13.2. The molecule has 2 aromatic rings. The fraction of sp³-hybridized carbons (Fsp3) is 0.231. The lowest BCUT2D eigenvalue weighted by atomic mass is 10.2. The van der Waals surface area contributed by atoms with Crippen LogP contribution in [0.1, 0.15) is 22.8 Å². The summed E-state index contributed by atoms with van der Waals surface area (Å²) in [4.78, 5) is 11.7. The molecule has 0 atom stereocenters. The molecule has 22 heavy (non-hydrogen) atoms. The Kier molecular flexibility index (Phi) is 4.45. The van der Waals surface area contributed by atoms with E-state index >= 15 is 0 Å². The number of hydrogen-bond acceptors (Lipinski definition) is 5. The minimum Gasteiger partial charge on any atom is -0.462 e. The van der Waals surface area contributed by atoms with Crippen LogP contribution < -0.4 is 4.72 Å². The van der Waals surface area contributed by atoms with Gasteiger partial charge in [0.25, 0.3) is 10.0 Å². The van der Waals surface area contributed by atoms with Gasteiger partial charge in [-0.2, -0.15) is 13.5 Å². The van der Waals surface area contributed by atoms with E-state index in [1.54, 1.807) is 13.8 Å². The molecule has 1 heterocycles. The predicted octanol–water partition coefficient (Wildman–Crippen LogP) is 1.83. The number of sulfonamides is 1. The molecule has 0 spiro atoms. The number of esters is 1. The first-order valence-electron chi connectivity index (χ1n) is 6.34. The van der Waals surface area contributed by atoms with Crippen LogP contribution in [0.3, 0.4) is 0 Å². The van der Waals surface area contributed by atoms with Crippen LogP contribution in [0.2, 0.25) is 0 Å². The number of H-pyrrole nitrogens is 1. The average molecular weight is 327 g/mol. The molecule has 2 N–H and O–H groups in total. The van der Waals surface area contributed by atoms with E-state index in [-0.39, 0.29) is 17.9 Å². The molecular formula is C13H14FN3O4S. The average Bonchev–Trinajstić information content (AvgIpc) is 2.93. The molecule has 0 fully saturated rings. The molecule has 1 aromatic heterocycles. The highest BCUT2D eigenvalue weighted by molar-refractivity contribution is 7.92. The normalized spacial score (nSPS) is 11.2.